The smallest absolute Gasteiger partial charge is 0.321 e. The first-order valence-corrected chi connectivity index (χ1v) is 11.5. The number of carbonyl (C=O) groups excluding carboxylic acids is 3. The number of carbonyl (C=O) groups is 3. The molecular weight excluding hydrogens is 490 g/mol. The predicted molar refractivity (Wildman–Crippen MR) is 126 cm³/mol. The number of anilines is 1. The van der Waals surface area contributed by atoms with Gasteiger partial charge in [0.25, 0.3) is 5.91 Å². The van der Waals surface area contributed by atoms with E-state index in [1.165, 1.54) is 6.92 Å². The molecule has 0 aliphatic carbocycles. The Morgan fingerprint density at radius 2 is 1.85 bits per heavy atom. The zero-order chi connectivity index (χ0) is 23.1. The van der Waals surface area contributed by atoms with Crippen LogP contribution in [0.2, 0.25) is 0 Å². The Hall–Kier alpha value is -3.47. The fourth-order valence-electron chi connectivity index (χ4n) is 4.23. The van der Waals surface area contributed by atoms with Crippen LogP contribution in [0, 0.1) is 0 Å². The number of aromatic nitrogens is 3. The van der Waals surface area contributed by atoms with Gasteiger partial charge in [-0.2, -0.15) is 0 Å². The highest BCUT2D eigenvalue weighted by Crippen LogP contribution is 2.32. The van der Waals surface area contributed by atoms with Crippen molar-refractivity contribution in [3.8, 4) is 11.4 Å². The van der Waals surface area contributed by atoms with E-state index in [1.807, 2.05) is 22.8 Å². The monoisotopic (exact) mass is 511 g/mol. The number of pyridine rings is 1. The third-order valence-corrected chi connectivity index (χ3v) is 6.68. The molecule has 1 fully saturated rings. The van der Waals surface area contributed by atoms with Gasteiger partial charge in [-0.1, -0.05) is 0 Å². The Balaban J connectivity index is 1.44. The molecule has 3 aromatic rings. The second kappa shape index (κ2) is 8.47. The van der Waals surface area contributed by atoms with Crippen molar-refractivity contribution in [2.24, 2.45) is 0 Å². The van der Waals surface area contributed by atoms with Gasteiger partial charge in [-0.25, -0.2) is 14.8 Å². The number of rotatable bonds is 2. The van der Waals surface area contributed by atoms with Gasteiger partial charge in [0.1, 0.15) is 11.3 Å². The molecule has 0 radical (unpaired) electrons. The Morgan fingerprint density at radius 3 is 2.61 bits per heavy atom. The molecule has 2 aliphatic rings. The summed E-state index contributed by atoms with van der Waals surface area (Å²) in [6.07, 6.45) is 1.59. The lowest BCUT2D eigenvalue weighted by Gasteiger charge is -2.34. The van der Waals surface area contributed by atoms with Crippen LogP contribution in [0.4, 0.5) is 10.5 Å². The third-order valence-electron chi connectivity index (χ3n) is 5.99. The highest BCUT2D eigenvalue weighted by molar-refractivity contribution is 9.10. The zero-order valence-corrected chi connectivity index (χ0v) is 19.6. The number of hydrogen-bond acceptors (Lipinski definition) is 5. The average Bonchev–Trinajstić information content (AvgIpc) is 3.09. The molecule has 1 saturated heterocycles. The van der Waals surface area contributed by atoms with Crippen LogP contribution in [0.5, 0.6) is 0 Å². The van der Waals surface area contributed by atoms with Crippen LogP contribution >= 0.6 is 15.9 Å². The lowest BCUT2D eigenvalue weighted by atomic mass is 10.2. The van der Waals surface area contributed by atoms with Gasteiger partial charge in [0, 0.05) is 62.4 Å². The molecule has 4 amide bonds. The van der Waals surface area contributed by atoms with Crippen LogP contribution in [0.3, 0.4) is 0 Å². The molecule has 33 heavy (non-hydrogen) atoms. The molecule has 0 bridgehead atoms. The maximum atomic E-state index is 12.9. The number of nitrogens with one attached hydrogen (secondary N) is 2. The lowest BCUT2D eigenvalue weighted by molar-refractivity contribution is -0.130. The first-order valence-electron chi connectivity index (χ1n) is 10.7. The largest absolute Gasteiger partial charge is 0.350 e. The van der Waals surface area contributed by atoms with Gasteiger partial charge in [-0.15, -0.1) is 0 Å². The van der Waals surface area contributed by atoms with Crippen molar-refractivity contribution in [2.45, 2.75) is 13.5 Å². The molecule has 4 heterocycles. The fourth-order valence-corrected chi connectivity index (χ4v) is 4.58. The number of halogens is 1. The zero-order valence-electron chi connectivity index (χ0n) is 18.0. The maximum absolute atomic E-state index is 12.9. The first kappa shape index (κ1) is 21.4. The van der Waals surface area contributed by atoms with Crippen molar-refractivity contribution in [1.82, 2.24) is 29.7 Å². The topological polar surface area (TPSA) is 112 Å². The van der Waals surface area contributed by atoms with Crippen molar-refractivity contribution in [2.75, 3.05) is 38.0 Å². The van der Waals surface area contributed by atoms with Crippen molar-refractivity contribution >= 4 is 50.6 Å². The summed E-state index contributed by atoms with van der Waals surface area (Å²) in [4.78, 5) is 49.3. The average molecular weight is 512 g/mol. The summed E-state index contributed by atoms with van der Waals surface area (Å²) in [6, 6.07) is 7.11. The molecule has 5 rings (SSSR count). The van der Waals surface area contributed by atoms with Gasteiger partial charge in [-0.3, -0.25) is 9.59 Å². The number of urea groups is 1. The first-order chi connectivity index (χ1) is 15.9. The molecule has 0 atom stereocenters. The van der Waals surface area contributed by atoms with Crippen LogP contribution in [-0.2, 0) is 11.3 Å². The minimum atomic E-state index is -0.221. The normalized spacial score (nSPS) is 15.9. The van der Waals surface area contributed by atoms with Crippen molar-refractivity contribution in [1.29, 1.82) is 0 Å². The summed E-state index contributed by atoms with van der Waals surface area (Å²) in [6.45, 7) is 4.60. The number of imidazole rings is 1. The van der Waals surface area contributed by atoms with Gasteiger partial charge < -0.3 is 25.0 Å². The van der Waals surface area contributed by atoms with Crippen LogP contribution in [0.1, 0.15) is 17.3 Å². The third kappa shape index (κ3) is 3.92. The molecule has 2 N–H and O–H groups in total. The molecule has 0 saturated carbocycles. The van der Waals surface area contributed by atoms with E-state index in [-0.39, 0.29) is 17.8 Å². The van der Waals surface area contributed by atoms with E-state index >= 15 is 0 Å². The number of amides is 4. The molecular formula is C22H22BrN7O3. The maximum Gasteiger partial charge on any atom is 0.321 e. The van der Waals surface area contributed by atoms with Gasteiger partial charge >= 0.3 is 6.03 Å². The molecule has 170 valence electrons. The minimum Gasteiger partial charge on any atom is -0.350 e. The molecule has 1 aromatic carbocycles. The predicted octanol–water partition coefficient (Wildman–Crippen LogP) is 2.30. The molecule has 0 unspecified atom stereocenters. The van der Waals surface area contributed by atoms with Crippen LogP contribution in [-0.4, -0.2) is 74.9 Å². The highest BCUT2D eigenvalue weighted by atomic mass is 79.9. The number of hydrogen-bond donors (Lipinski definition) is 2. The number of nitrogens with zero attached hydrogens (tertiary/aromatic N) is 5. The van der Waals surface area contributed by atoms with E-state index in [0.29, 0.717) is 67.5 Å². The molecule has 11 heteroatoms. The van der Waals surface area contributed by atoms with E-state index in [1.54, 1.807) is 22.1 Å². The van der Waals surface area contributed by atoms with E-state index < -0.39 is 0 Å². The Bertz CT molecular complexity index is 1280. The summed E-state index contributed by atoms with van der Waals surface area (Å²) >= 11 is 3.52. The van der Waals surface area contributed by atoms with Crippen molar-refractivity contribution < 1.29 is 14.4 Å². The summed E-state index contributed by atoms with van der Waals surface area (Å²) < 4.78 is 2.73. The quantitative estimate of drug-likeness (QED) is 0.548. The van der Waals surface area contributed by atoms with Gasteiger partial charge in [-0.05, 0) is 40.2 Å². The van der Waals surface area contributed by atoms with E-state index in [2.05, 4.69) is 31.5 Å². The van der Waals surface area contributed by atoms with Gasteiger partial charge in [0.15, 0.2) is 5.65 Å². The molecule has 0 spiro atoms. The van der Waals surface area contributed by atoms with Gasteiger partial charge in [0.2, 0.25) is 5.91 Å². The molecule has 2 aliphatic heterocycles. The van der Waals surface area contributed by atoms with E-state index in [9.17, 15) is 14.4 Å². The Morgan fingerprint density at radius 1 is 1.09 bits per heavy atom. The highest BCUT2D eigenvalue weighted by Gasteiger charge is 2.25. The van der Waals surface area contributed by atoms with Crippen molar-refractivity contribution in [3.05, 3.63) is 40.5 Å². The minimum absolute atomic E-state index is 0.0203. The van der Waals surface area contributed by atoms with Gasteiger partial charge in [0.05, 0.1) is 11.3 Å². The number of benzene rings is 1. The second-order valence-electron chi connectivity index (χ2n) is 7.99. The Kier molecular flexibility index (Phi) is 5.49. The molecule has 10 nitrogen and oxygen atoms in total. The second-order valence-corrected chi connectivity index (χ2v) is 8.85. The summed E-state index contributed by atoms with van der Waals surface area (Å²) in [5.74, 6) is 0.563. The van der Waals surface area contributed by atoms with E-state index in [4.69, 9.17) is 4.98 Å². The molecule has 2 aromatic heterocycles. The summed E-state index contributed by atoms with van der Waals surface area (Å²) in [5, 5.41) is 5.87. The van der Waals surface area contributed by atoms with Crippen molar-refractivity contribution in [3.63, 3.8) is 0 Å². The van der Waals surface area contributed by atoms with Crippen LogP contribution in [0.25, 0.3) is 22.6 Å². The van der Waals surface area contributed by atoms with Crippen LogP contribution < -0.4 is 10.6 Å². The fraction of sp³-hybridized carbons (Fsp3) is 0.318. The number of piperazine rings is 1. The Labute approximate surface area is 198 Å². The van der Waals surface area contributed by atoms with Crippen LogP contribution in [0.15, 0.2) is 34.9 Å². The summed E-state index contributed by atoms with van der Waals surface area (Å²) in [7, 11) is 0. The lowest BCUT2D eigenvalue weighted by Crippen LogP contribution is -2.51. The standard InChI is InChI=1S/C22H22BrN7O3/c1-13(31)28-8-10-29(11-9-28)22(33)26-17-12-14(2-3-16(17)23)20-27-19-18-15(4-5-24-19)21(32)25-6-7-30(18)20/h2-5,12H,6-11H2,1H3,(H,25,32)(H,26,33). The SMILES string of the molecule is CC(=O)N1CCN(C(=O)Nc2cc(-c3nc4nccc5c4n3CCNC5=O)ccc2Br)CC1. The summed E-state index contributed by atoms with van der Waals surface area (Å²) in [5.41, 5.74) is 3.18. The van der Waals surface area contributed by atoms with E-state index in [0.717, 1.165) is 10.0 Å².